The molecule has 0 spiro atoms. The minimum atomic E-state index is -0.391. The van der Waals surface area contributed by atoms with Crippen LogP contribution in [0.4, 0.5) is 11.4 Å². The van der Waals surface area contributed by atoms with Crippen molar-refractivity contribution in [1.29, 1.82) is 0 Å². The second kappa shape index (κ2) is 5.14. The summed E-state index contributed by atoms with van der Waals surface area (Å²) in [5.74, 6) is 0. The summed E-state index contributed by atoms with van der Waals surface area (Å²) in [5.41, 5.74) is 1.93. The van der Waals surface area contributed by atoms with Crippen molar-refractivity contribution in [3.8, 4) is 0 Å². The molecule has 80 valence electrons. The Kier molecular flexibility index (Phi) is 3.85. The third-order valence-electron chi connectivity index (χ3n) is 2.10. The van der Waals surface area contributed by atoms with Crippen molar-refractivity contribution in [3.05, 3.63) is 46.5 Å². The minimum Gasteiger partial charge on any atom is -0.384 e. The van der Waals surface area contributed by atoms with Crippen LogP contribution in [0.5, 0.6) is 0 Å². The Balaban J connectivity index is 2.80. The smallest absolute Gasteiger partial charge is 0.271 e. The van der Waals surface area contributed by atoms with Crippen LogP contribution in [-0.2, 0) is 0 Å². The van der Waals surface area contributed by atoms with Crippen molar-refractivity contribution in [2.75, 3.05) is 11.9 Å². The van der Waals surface area contributed by atoms with E-state index in [1.54, 1.807) is 18.2 Å². The molecule has 1 aromatic rings. The van der Waals surface area contributed by atoms with E-state index in [9.17, 15) is 10.1 Å². The second-order valence-electron chi connectivity index (χ2n) is 3.26. The standard InChI is InChI=1S/C11H14N2O2/c1-3-4-7-12-11-8-10(13(14)15)6-5-9(11)2/h3,5-6,8,12H,1,4,7H2,2H3. The lowest BCUT2D eigenvalue weighted by Crippen LogP contribution is -2.02. The maximum atomic E-state index is 10.6. The van der Waals surface area contributed by atoms with E-state index < -0.39 is 4.92 Å². The number of hydrogen-bond donors (Lipinski definition) is 1. The quantitative estimate of drug-likeness (QED) is 0.349. The number of nitro groups is 1. The van der Waals surface area contributed by atoms with Gasteiger partial charge in [0.1, 0.15) is 0 Å². The summed E-state index contributed by atoms with van der Waals surface area (Å²) >= 11 is 0. The van der Waals surface area contributed by atoms with Crippen LogP contribution in [0.1, 0.15) is 12.0 Å². The van der Waals surface area contributed by atoms with Crippen LogP contribution in [0.3, 0.4) is 0 Å². The van der Waals surface area contributed by atoms with Gasteiger partial charge in [0.25, 0.3) is 5.69 Å². The highest BCUT2D eigenvalue weighted by Crippen LogP contribution is 2.21. The molecular formula is C11H14N2O2. The zero-order valence-electron chi connectivity index (χ0n) is 8.69. The van der Waals surface area contributed by atoms with E-state index in [0.717, 1.165) is 24.2 Å². The fraction of sp³-hybridized carbons (Fsp3) is 0.273. The molecule has 0 saturated heterocycles. The van der Waals surface area contributed by atoms with Gasteiger partial charge in [0.2, 0.25) is 0 Å². The van der Waals surface area contributed by atoms with Gasteiger partial charge in [-0.15, -0.1) is 6.58 Å². The molecule has 0 saturated carbocycles. The van der Waals surface area contributed by atoms with Gasteiger partial charge < -0.3 is 5.32 Å². The average molecular weight is 206 g/mol. The first kappa shape index (κ1) is 11.2. The first-order valence-electron chi connectivity index (χ1n) is 4.75. The molecule has 0 amide bonds. The Labute approximate surface area is 88.8 Å². The predicted octanol–water partition coefficient (Wildman–Crippen LogP) is 2.89. The number of aryl methyl sites for hydroxylation is 1. The summed E-state index contributed by atoms with van der Waals surface area (Å²) in [6.45, 7) is 6.27. The number of non-ortho nitro benzene ring substituents is 1. The molecule has 0 aromatic heterocycles. The number of rotatable bonds is 5. The van der Waals surface area contributed by atoms with Crippen LogP contribution in [0.2, 0.25) is 0 Å². The third-order valence-corrected chi connectivity index (χ3v) is 2.10. The van der Waals surface area contributed by atoms with Crippen molar-refractivity contribution in [3.63, 3.8) is 0 Å². The summed E-state index contributed by atoms with van der Waals surface area (Å²) in [7, 11) is 0. The number of benzene rings is 1. The largest absolute Gasteiger partial charge is 0.384 e. The fourth-order valence-electron chi connectivity index (χ4n) is 1.22. The molecular weight excluding hydrogens is 192 g/mol. The highest BCUT2D eigenvalue weighted by molar-refractivity contribution is 5.56. The molecule has 4 nitrogen and oxygen atoms in total. The maximum Gasteiger partial charge on any atom is 0.271 e. The first-order chi connectivity index (χ1) is 7.15. The lowest BCUT2D eigenvalue weighted by molar-refractivity contribution is -0.384. The van der Waals surface area contributed by atoms with Gasteiger partial charge in [-0.05, 0) is 18.9 Å². The SMILES string of the molecule is C=CCCNc1cc([N+](=O)[O-])ccc1C. The monoisotopic (exact) mass is 206 g/mol. The van der Waals surface area contributed by atoms with Gasteiger partial charge in [-0.3, -0.25) is 10.1 Å². The lowest BCUT2D eigenvalue weighted by atomic mass is 10.2. The molecule has 0 aliphatic heterocycles. The Morgan fingerprint density at radius 1 is 1.60 bits per heavy atom. The van der Waals surface area contributed by atoms with E-state index in [1.807, 2.05) is 6.92 Å². The molecule has 0 bridgehead atoms. The zero-order valence-corrected chi connectivity index (χ0v) is 8.69. The van der Waals surface area contributed by atoms with Gasteiger partial charge in [-0.2, -0.15) is 0 Å². The van der Waals surface area contributed by atoms with Crippen molar-refractivity contribution >= 4 is 11.4 Å². The number of anilines is 1. The van der Waals surface area contributed by atoms with Gasteiger partial charge in [-0.1, -0.05) is 12.1 Å². The summed E-state index contributed by atoms with van der Waals surface area (Å²) in [5, 5.41) is 13.7. The van der Waals surface area contributed by atoms with Crippen molar-refractivity contribution in [2.45, 2.75) is 13.3 Å². The molecule has 0 heterocycles. The summed E-state index contributed by atoms with van der Waals surface area (Å²) in [6, 6.07) is 4.81. The first-order valence-corrected chi connectivity index (χ1v) is 4.75. The Hall–Kier alpha value is -1.84. The van der Waals surface area contributed by atoms with Crippen LogP contribution in [0, 0.1) is 17.0 Å². The van der Waals surface area contributed by atoms with E-state index in [0.29, 0.717) is 0 Å². The van der Waals surface area contributed by atoms with Crippen LogP contribution >= 0.6 is 0 Å². The molecule has 0 radical (unpaired) electrons. The van der Waals surface area contributed by atoms with E-state index in [1.165, 1.54) is 6.07 Å². The lowest BCUT2D eigenvalue weighted by Gasteiger charge is -2.07. The number of nitrogens with zero attached hydrogens (tertiary/aromatic N) is 1. The molecule has 0 unspecified atom stereocenters. The maximum absolute atomic E-state index is 10.6. The zero-order chi connectivity index (χ0) is 11.3. The van der Waals surface area contributed by atoms with Gasteiger partial charge in [0.15, 0.2) is 0 Å². The highest BCUT2D eigenvalue weighted by atomic mass is 16.6. The molecule has 1 N–H and O–H groups in total. The van der Waals surface area contributed by atoms with Crippen LogP contribution in [0.15, 0.2) is 30.9 Å². The van der Waals surface area contributed by atoms with Crippen LogP contribution in [-0.4, -0.2) is 11.5 Å². The van der Waals surface area contributed by atoms with E-state index in [4.69, 9.17) is 0 Å². The van der Waals surface area contributed by atoms with Gasteiger partial charge in [0, 0.05) is 24.4 Å². The molecule has 0 atom stereocenters. The summed E-state index contributed by atoms with van der Waals surface area (Å²) < 4.78 is 0. The van der Waals surface area contributed by atoms with E-state index in [2.05, 4.69) is 11.9 Å². The average Bonchev–Trinajstić information content (AvgIpc) is 2.20. The number of nitrogens with one attached hydrogen (secondary N) is 1. The topological polar surface area (TPSA) is 55.2 Å². The van der Waals surface area contributed by atoms with Crippen LogP contribution in [0.25, 0.3) is 0 Å². The number of nitro benzene ring substituents is 1. The third kappa shape index (κ3) is 3.09. The summed E-state index contributed by atoms with van der Waals surface area (Å²) in [6.07, 6.45) is 2.64. The van der Waals surface area contributed by atoms with Crippen LogP contribution < -0.4 is 5.32 Å². The molecule has 15 heavy (non-hydrogen) atoms. The van der Waals surface area contributed by atoms with Gasteiger partial charge in [-0.25, -0.2) is 0 Å². The van der Waals surface area contributed by atoms with Gasteiger partial charge >= 0.3 is 0 Å². The minimum absolute atomic E-state index is 0.113. The second-order valence-corrected chi connectivity index (χ2v) is 3.26. The van der Waals surface area contributed by atoms with Crippen molar-refractivity contribution in [2.24, 2.45) is 0 Å². The molecule has 1 aromatic carbocycles. The van der Waals surface area contributed by atoms with E-state index in [-0.39, 0.29) is 5.69 Å². The molecule has 0 aliphatic rings. The van der Waals surface area contributed by atoms with Gasteiger partial charge in [0.05, 0.1) is 4.92 Å². The highest BCUT2D eigenvalue weighted by Gasteiger charge is 2.07. The Morgan fingerprint density at radius 2 is 2.33 bits per heavy atom. The van der Waals surface area contributed by atoms with Crippen molar-refractivity contribution in [1.82, 2.24) is 0 Å². The van der Waals surface area contributed by atoms with E-state index >= 15 is 0 Å². The van der Waals surface area contributed by atoms with Crippen molar-refractivity contribution < 1.29 is 4.92 Å². The summed E-state index contributed by atoms with van der Waals surface area (Å²) in [4.78, 5) is 10.2. The molecule has 4 heteroatoms. The molecule has 0 fully saturated rings. The fourth-order valence-corrected chi connectivity index (χ4v) is 1.22. The normalized spacial score (nSPS) is 9.67. The number of hydrogen-bond acceptors (Lipinski definition) is 3. The molecule has 1 rings (SSSR count). The molecule has 0 aliphatic carbocycles. The Bertz CT molecular complexity index is 375. The predicted molar refractivity (Wildman–Crippen MR) is 61.1 cm³/mol. The Morgan fingerprint density at radius 3 is 2.93 bits per heavy atom.